The molecule has 6 rings (SSSR count). The zero-order valence-electron chi connectivity index (χ0n) is 27.4. The monoisotopic (exact) mass is 700 g/mol. The number of carboxylic acid groups (broad SMARTS) is 1. The Balaban J connectivity index is 1.28. The predicted octanol–water partition coefficient (Wildman–Crippen LogP) is 8.88. The van der Waals surface area contributed by atoms with Crippen LogP contribution < -0.4 is 20.3 Å². The maximum atomic E-state index is 14.0. The summed E-state index contributed by atoms with van der Waals surface area (Å²) in [5, 5.41) is 14.2. The van der Waals surface area contributed by atoms with Crippen molar-refractivity contribution in [2.45, 2.75) is 57.3 Å². The van der Waals surface area contributed by atoms with Crippen LogP contribution in [0.3, 0.4) is 0 Å². The van der Waals surface area contributed by atoms with Gasteiger partial charge in [-0.25, -0.2) is 9.78 Å². The van der Waals surface area contributed by atoms with E-state index in [2.05, 4.69) is 20.4 Å². The van der Waals surface area contributed by atoms with E-state index < -0.39 is 30.0 Å². The van der Waals surface area contributed by atoms with Crippen LogP contribution in [0.15, 0.2) is 95.4 Å². The summed E-state index contributed by atoms with van der Waals surface area (Å²) < 4.78 is 50.1. The number of fused-ring (bicyclic) bond motifs is 1. The third kappa shape index (κ3) is 9.04. The number of aromatic nitrogens is 1. The number of aliphatic carboxylic acids is 1. The van der Waals surface area contributed by atoms with Crippen molar-refractivity contribution in [2.24, 2.45) is 0 Å². The molecule has 0 radical (unpaired) electrons. The highest BCUT2D eigenvalue weighted by Crippen LogP contribution is 2.38. The summed E-state index contributed by atoms with van der Waals surface area (Å²) >= 11 is 0. The molecule has 264 valence electrons. The molecule has 0 spiro atoms. The van der Waals surface area contributed by atoms with Crippen LogP contribution in [0, 0.1) is 0 Å². The summed E-state index contributed by atoms with van der Waals surface area (Å²) in [6.45, 7) is 0.0704. The van der Waals surface area contributed by atoms with E-state index in [0.717, 1.165) is 18.9 Å². The van der Waals surface area contributed by atoms with Crippen molar-refractivity contribution in [3.63, 3.8) is 0 Å². The first-order valence-corrected chi connectivity index (χ1v) is 16.6. The molecule has 1 saturated carbocycles. The number of nitrogens with zero attached hydrogens (tertiary/aromatic N) is 2. The van der Waals surface area contributed by atoms with Gasteiger partial charge < -0.3 is 24.9 Å². The molecule has 51 heavy (non-hydrogen) atoms. The van der Waals surface area contributed by atoms with E-state index in [1.807, 2.05) is 24.3 Å². The fourth-order valence-electron chi connectivity index (χ4n) is 6.14. The Kier molecular flexibility index (Phi) is 10.5. The van der Waals surface area contributed by atoms with Gasteiger partial charge in [0.15, 0.2) is 5.58 Å². The zero-order chi connectivity index (χ0) is 36.0. The largest absolute Gasteiger partial charge is 0.573 e. The molecular formula is C38H35F3N4O6. The van der Waals surface area contributed by atoms with Crippen molar-refractivity contribution in [2.75, 3.05) is 16.8 Å². The zero-order valence-corrected chi connectivity index (χ0v) is 27.4. The molecule has 4 aromatic carbocycles. The topological polar surface area (TPSA) is 134 Å². The van der Waals surface area contributed by atoms with Gasteiger partial charge in [0.05, 0.1) is 18.5 Å². The van der Waals surface area contributed by atoms with Crippen molar-refractivity contribution in [1.29, 1.82) is 0 Å². The first kappa shape index (κ1) is 35.0. The number of urea groups is 1. The lowest BCUT2D eigenvalue weighted by molar-refractivity contribution is -0.274. The minimum Gasteiger partial charge on any atom is -0.481 e. The molecule has 1 aliphatic rings. The number of hydrogen-bond donors (Lipinski definition) is 3. The van der Waals surface area contributed by atoms with Crippen LogP contribution in [0.2, 0.25) is 0 Å². The summed E-state index contributed by atoms with van der Waals surface area (Å²) in [6.07, 6.45) is 0.595. The number of benzene rings is 4. The first-order valence-electron chi connectivity index (χ1n) is 16.6. The summed E-state index contributed by atoms with van der Waals surface area (Å²) in [7, 11) is 0. The van der Waals surface area contributed by atoms with E-state index in [1.54, 1.807) is 48.5 Å². The normalized spacial score (nSPS) is 13.5. The van der Waals surface area contributed by atoms with Gasteiger partial charge in [0.2, 0.25) is 5.89 Å². The fraction of sp³-hybridized carbons (Fsp3) is 0.263. The molecule has 1 fully saturated rings. The summed E-state index contributed by atoms with van der Waals surface area (Å²) in [5.41, 5.74) is 3.65. The van der Waals surface area contributed by atoms with Gasteiger partial charge in [0.25, 0.3) is 5.91 Å². The van der Waals surface area contributed by atoms with E-state index in [0.29, 0.717) is 33.8 Å². The molecule has 5 aromatic rings. The number of para-hydroxylation sites is 2. The van der Waals surface area contributed by atoms with Gasteiger partial charge in [-0.05, 0) is 84.5 Å². The van der Waals surface area contributed by atoms with Crippen molar-refractivity contribution in [3.05, 3.63) is 108 Å². The number of carboxylic acids is 1. The Morgan fingerprint density at radius 1 is 0.922 bits per heavy atom. The molecule has 0 saturated heterocycles. The van der Waals surface area contributed by atoms with Crippen LogP contribution >= 0.6 is 0 Å². The molecule has 1 aliphatic carbocycles. The summed E-state index contributed by atoms with van der Waals surface area (Å²) in [6, 6.07) is 24.2. The van der Waals surface area contributed by atoms with Crippen molar-refractivity contribution >= 4 is 40.4 Å². The Morgan fingerprint density at radius 3 is 2.33 bits per heavy atom. The van der Waals surface area contributed by atoms with Crippen molar-refractivity contribution < 1.29 is 41.8 Å². The number of carbonyl (C=O) groups is 3. The Labute approximate surface area is 291 Å². The summed E-state index contributed by atoms with van der Waals surface area (Å²) in [4.78, 5) is 43.1. The molecule has 0 bridgehead atoms. The second-order valence-electron chi connectivity index (χ2n) is 12.3. The minimum absolute atomic E-state index is 0.0157. The number of oxazole rings is 1. The maximum absolute atomic E-state index is 14.0. The highest BCUT2D eigenvalue weighted by molar-refractivity contribution is 6.02. The molecule has 1 aromatic heterocycles. The SMILES string of the molecule is O=C(O)CCNC(=O)c1ccc(CN(C(=O)Nc2ccc(OC(F)(F)F)c(-c3nc4ccccc4o3)c2)c2ccc(C3CCCCC3)cc2)cc1. The third-order valence-corrected chi connectivity index (χ3v) is 8.69. The van der Waals surface area contributed by atoms with Gasteiger partial charge in [-0.3, -0.25) is 14.5 Å². The second kappa shape index (κ2) is 15.4. The Hall–Kier alpha value is -5.85. The van der Waals surface area contributed by atoms with E-state index >= 15 is 0 Å². The molecule has 3 N–H and O–H groups in total. The van der Waals surface area contributed by atoms with Gasteiger partial charge in [-0.1, -0.05) is 55.7 Å². The van der Waals surface area contributed by atoms with Crippen LogP contribution in [0.1, 0.15) is 65.9 Å². The molecule has 13 heteroatoms. The van der Waals surface area contributed by atoms with Crippen LogP contribution in [0.4, 0.5) is 29.3 Å². The molecule has 0 atom stereocenters. The maximum Gasteiger partial charge on any atom is 0.573 e. The lowest BCUT2D eigenvalue weighted by Gasteiger charge is -2.26. The highest BCUT2D eigenvalue weighted by atomic mass is 19.4. The average Bonchev–Trinajstić information content (AvgIpc) is 3.55. The number of anilines is 2. The number of carbonyl (C=O) groups excluding carboxylic acids is 2. The van der Waals surface area contributed by atoms with Gasteiger partial charge in [0, 0.05) is 23.5 Å². The number of ether oxygens (including phenoxy) is 1. The quantitative estimate of drug-likeness (QED) is 0.125. The van der Waals surface area contributed by atoms with Crippen LogP contribution in [0.5, 0.6) is 5.75 Å². The first-order chi connectivity index (χ1) is 24.5. The number of alkyl halides is 3. The number of amides is 3. The molecule has 1 heterocycles. The smallest absolute Gasteiger partial charge is 0.481 e. The Bertz CT molecular complexity index is 1970. The van der Waals surface area contributed by atoms with Crippen molar-refractivity contribution in [1.82, 2.24) is 10.3 Å². The van der Waals surface area contributed by atoms with Crippen LogP contribution in [-0.2, 0) is 11.3 Å². The van der Waals surface area contributed by atoms with E-state index in [4.69, 9.17) is 9.52 Å². The van der Waals surface area contributed by atoms with Gasteiger partial charge in [0.1, 0.15) is 11.3 Å². The number of hydrogen-bond acceptors (Lipinski definition) is 6. The van der Waals surface area contributed by atoms with Crippen LogP contribution in [0.25, 0.3) is 22.6 Å². The molecule has 0 unspecified atom stereocenters. The molecular weight excluding hydrogens is 665 g/mol. The highest BCUT2D eigenvalue weighted by Gasteiger charge is 2.33. The Morgan fingerprint density at radius 2 is 1.65 bits per heavy atom. The van der Waals surface area contributed by atoms with Crippen molar-refractivity contribution in [3.8, 4) is 17.2 Å². The third-order valence-electron chi connectivity index (χ3n) is 8.69. The fourth-order valence-corrected chi connectivity index (χ4v) is 6.14. The van der Waals surface area contributed by atoms with Gasteiger partial charge in [-0.2, -0.15) is 0 Å². The molecule has 3 amide bonds. The lowest BCUT2D eigenvalue weighted by atomic mass is 9.84. The van der Waals surface area contributed by atoms with Crippen LogP contribution in [-0.4, -0.2) is 40.9 Å². The number of nitrogens with one attached hydrogen (secondary N) is 2. The summed E-state index contributed by atoms with van der Waals surface area (Å²) in [5.74, 6) is -1.66. The lowest BCUT2D eigenvalue weighted by Crippen LogP contribution is -2.34. The number of halogens is 3. The second-order valence-corrected chi connectivity index (χ2v) is 12.3. The number of rotatable bonds is 11. The average molecular weight is 701 g/mol. The minimum atomic E-state index is -4.99. The van der Waals surface area contributed by atoms with E-state index in [1.165, 1.54) is 41.9 Å². The van der Waals surface area contributed by atoms with Gasteiger partial charge >= 0.3 is 18.4 Å². The predicted molar refractivity (Wildman–Crippen MR) is 185 cm³/mol. The van der Waals surface area contributed by atoms with Gasteiger partial charge in [-0.15, -0.1) is 13.2 Å². The van der Waals surface area contributed by atoms with E-state index in [9.17, 15) is 27.6 Å². The molecule has 10 nitrogen and oxygen atoms in total. The van der Waals surface area contributed by atoms with E-state index in [-0.39, 0.29) is 36.7 Å². The standard InChI is InChI=1S/C38H35F3N4O6/c39-38(40,41)51-32-19-16-28(22-30(32)36-44-31-8-4-5-9-33(31)50-36)43-37(49)45(29-17-14-26(15-18-29)25-6-2-1-3-7-25)23-24-10-12-27(13-11-24)35(48)42-21-20-34(46)47/h4-5,8-19,22,25H,1-3,6-7,20-21,23H2,(H,42,48)(H,43,49)(H,46,47). The molecule has 0 aliphatic heterocycles.